The summed E-state index contributed by atoms with van der Waals surface area (Å²) in [7, 11) is -3.27. The first kappa shape index (κ1) is 33.3. The van der Waals surface area contributed by atoms with Crippen LogP contribution in [-0.2, 0) is 26.2 Å². The van der Waals surface area contributed by atoms with E-state index in [2.05, 4.69) is 5.32 Å². The number of benzene rings is 3. The summed E-state index contributed by atoms with van der Waals surface area (Å²) in [6.45, 7) is 6.54. The smallest absolute Gasteiger partial charge is 0.273 e. The number of likely N-dealkylation sites (N-methyl/N-ethyl adjacent to an activating group) is 1. The number of anilines is 1. The van der Waals surface area contributed by atoms with Crippen LogP contribution in [0.2, 0.25) is 5.02 Å². The van der Waals surface area contributed by atoms with E-state index in [1.807, 2.05) is 31.2 Å². The molecule has 0 spiro atoms. The van der Waals surface area contributed by atoms with E-state index in [4.69, 9.17) is 16.3 Å². The fourth-order valence-electron chi connectivity index (χ4n) is 4.66. The molecule has 3 aromatic rings. The number of hydrogen-bond acceptors (Lipinski definition) is 7. The second-order valence-corrected chi connectivity index (χ2v) is 12.2. The van der Waals surface area contributed by atoms with Gasteiger partial charge in [0.05, 0.1) is 22.6 Å². The van der Waals surface area contributed by atoms with E-state index in [9.17, 15) is 28.1 Å². The number of carbonyl (C=O) groups excluding carboxylic acids is 2. The molecule has 0 aliphatic heterocycles. The number of hydrogen-bond donors (Lipinski definition) is 1. The zero-order valence-electron chi connectivity index (χ0n) is 24.7. The van der Waals surface area contributed by atoms with Crippen molar-refractivity contribution < 1.29 is 27.7 Å². The van der Waals surface area contributed by atoms with E-state index in [-0.39, 0.29) is 40.9 Å². The van der Waals surface area contributed by atoms with Gasteiger partial charge in [-0.1, -0.05) is 54.4 Å². The first-order chi connectivity index (χ1) is 20.3. The Morgan fingerprint density at radius 2 is 1.79 bits per heavy atom. The van der Waals surface area contributed by atoms with Crippen molar-refractivity contribution in [1.29, 1.82) is 0 Å². The van der Waals surface area contributed by atoms with Crippen molar-refractivity contribution in [3.8, 4) is 5.75 Å². The molecule has 0 saturated carbocycles. The molecular formula is C30H35ClN4O7S. The second-order valence-electron chi connectivity index (χ2n) is 9.86. The van der Waals surface area contributed by atoms with Gasteiger partial charge < -0.3 is 15.0 Å². The minimum atomic E-state index is -4.61. The van der Waals surface area contributed by atoms with Crippen molar-refractivity contribution in [2.75, 3.05) is 24.5 Å². The fourth-order valence-corrected chi connectivity index (χ4v) is 6.27. The largest absolute Gasteiger partial charge is 0.495 e. The number of sulfonamides is 1. The second kappa shape index (κ2) is 14.3. The molecule has 2 amide bonds. The average Bonchev–Trinajstić information content (AvgIpc) is 2.95. The van der Waals surface area contributed by atoms with Gasteiger partial charge in [0, 0.05) is 29.7 Å². The van der Waals surface area contributed by atoms with Crippen LogP contribution in [0.25, 0.3) is 0 Å². The van der Waals surface area contributed by atoms with Gasteiger partial charge in [-0.15, -0.1) is 0 Å². The summed E-state index contributed by atoms with van der Waals surface area (Å²) in [4.78, 5) is 39.2. The highest BCUT2D eigenvalue weighted by Gasteiger charge is 2.35. The van der Waals surface area contributed by atoms with Gasteiger partial charge in [-0.3, -0.25) is 24.0 Å². The number of ether oxygens (including phenoxy) is 1. The number of nitrogens with one attached hydrogen (secondary N) is 1. The highest BCUT2D eigenvalue weighted by atomic mass is 35.5. The Balaban J connectivity index is 2.19. The predicted octanol–water partition coefficient (Wildman–Crippen LogP) is 5.01. The van der Waals surface area contributed by atoms with Crippen molar-refractivity contribution in [2.24, 2.45) is 0 Å². The zero-order valence-corrected chi connectivity index (χ0v) is 26.2. The van der Waals surface area contributed by atoms with E-state index in [1.54, 1.807) is 13.8 Å². The molecule has 43 heavy (non-hydrogen) atoms. The lowest BCUT2D eigenvalue weighted by Gasteiger charge is -2.33. The number of nitro groups is 1. The summed E-state index contributed by atoms with van der Waals surface area (Å²) in [5.74, 6) is -0.954. The molecule has 13 heteroatoms. The number of amides is 2. The van der Waals surface area contributed by atoms with Crippen molar-refractivity contribution >= 4 is 44.8 Å². The normalized spacial score (nSPS) is 11.9. The maximum absolute atomic E-state index is 14.2. The van der Waals surface area contributed by atoms with Gasteiger partial charge in [0.1, 0.15) is 18.3 Å². The minimum Gasteiger partial charge on any atom is -0.495 e. The third kappa shape index (κ3) is 7.82. The van der Waals surface area contributed by atoms with Crippen LogP contribution in [0.15, 0.2) is 65.6 Å². The third-order valence-electron chi connectivity index (χ3n) is 6.83. The Labute approximate surface area is 256 Å². The maximum atomic E-state index is 14.2. The van der Waals surface area contributed by atoms with E-state index < -0.39 is 44.0 Å². The van der Waals surface area contributed by atoms with Crippen LogP contribution in [0.1, 0.15) is 37.0 Å². The zero-order chi connectivity index (χ0) is 31.9. The molecule has 0 aliphatic carbocycles. The molecule has 3 rings (SSSR count). The van der Waals surface area contributed by atoms with E-state index in [0.29, 0.717) is 6.54 Å². The standard InChI is InChI=1S/C30H35ClN4O7S/c1-6-25(30(37)32-7-2)33(18-22-10-8-9-20(3)15-22)29(36)19-34(27-16-23(31)12-14-28(27)42-5)43(40,41)24-13-11-21(4)26(17-24)35(38)39/h8-17,25H,6-7,18-19H2,1-5H3,(H,32,37)/t25-/m0/s1. The summed E-state index contributed by atoms with van der Waals surface area (Å²) in [5.41, 5.74) is 1.52. The molecule has 0 aliphatic rings. The summed E-state index contributed by atoms with van der Waals surface area (Å²) >= 11 is 6.26. The molecule has 0 aromatic heterocycles. The number of nitrogens with zero attached hydrogens (tertiary/aromatic N) is 3. The van der Waals surface area contributed by atoms with Crippen molar-refractivity contribution in [1.82, 2.24) is 10.2 Å². The average molecular weight is 631 g/mol. The lowest BCUT2D eigenvalue weighted by molar-refractivity contribution is -0.385. The number of methoxy groups -OCH3 is 1. The molecule has 11 nitrogen and oxygen atoms in total. The van der Waals surface area contributed by atoms with Crippen LogP contribution in [-0.4, -0.2) is 56.3 Å². The molecule has 230 valence electrons. The molecule has 0 unspecified atom stereocenters. The van der Waals surface area contributed by atoms with E-state index >= 15 is 0 Å². The molecule has 0 saturated heterocycles. The molecule has 1 N–H and O–H groups in total. The van der Waals surface area contributed by atoms with Crippen LogP contribution in [0.4, 0.5) is 11.4 Å². The fraction of sp³-hybridized carbons (Fsp3) is 0.333. The number of carbonyl (C=O) groups is 2. The van der Waals surface area contributed by atoms with Crippen LogP contribution >= 0.6 is 11.6 Å². The quantitative estimate of drug-likeness (QED) is 0.207. The number of nitro benzene ring substituents is 1. The topological polar surface area (TPSA) is 139 Å². The van der Waals surface area contributed by atoms with Gasteiger partial charge in [-0.05, 0) is 57.0 Å². The SMILES string of the molecule is CCNC(=O)[C@H](CC)N(Cc1cccc(C)c1)C(=O)CN(c1cc(Cl)ccc1OC)S(=O)(=O)c1ccc(C)c([N+](=O)[O-])c1. The summed E-state index contributed by atoms with van der Waals surface area (Å²) in [6, 6.07) is 14.3. The third-order valence-corrected chi connectivity index (χ3v) is 8.82. The number of aryl methyl sites for hydroxylation is 2. The van der Waals surface area contributed by atoms with Gasteiger partial charge in [0.2, 0.25) is 11.8 Å². The molecule has 0 bridgehead atoms. The summed E-state index contributed by atoms with van der Waals surface area (Å²) in [6.07, 6.45) is 0.265. The summed E-state index contributed by atoms with van der Waals surface area (Å²) in [5, 5.41) is 14.6. The summed E-state index contributed by atoms with van der Waals surface area (Å²) < 4.78 is 34.6. The maximum Gasteiger partial charge on any atom is 0.273 e. The molecular weight excluding hydrogens is 596 g/mol. The highest BCUT2D eigenvalue weighted by molar-refractivity contribution is 7.92. The highest BCUT2D eigenvalue weighted by Crippen LogP contribution is 2.36. The lowest BCUT2D eigenvalue weighted by atomic mass is 10.1. The van der Waals surface area contributed by atoms with E-state index in [0.717, 1.165) is 21.5 Å². The van der Waals surface area contributed by atoms with Gasteiger partial charge in [-0.25, -0.2) is 8.42 Å². The number of rotatable bonds is 13. The molecule has 0 radical (unpaired) electrons. The number of halogens is 1. The van der Waals surface area contributed by atoms with Crippen LogP contribution in [0.3, 0.4) is 0 Å². The molecule has 0 fully saturated rings. The van der Waals surface area contributed by atoms with Gasteiger partial charge in [0.25, 0.3) is 15.7 Å². The van der Waals surface area contributed by atoms with Crippen molar-refractivity contribution in [3.05, 3.63) is 92.5 Å². The van der Waals surface area contributed by atoms with Crippen LogP contribution in [0, 0.1) is 24.0 Å². The van der Waals surface area contributed by atoms with Gasteiger partial charge >= 0.3 is 0 Å². The van der Waals surface area contributed by atoms with Crippen molar-refractivity contribution in [2.45, 2.75) is 51.6 Å². The predicted molar refractivity (Wildman–Crippen MR) is 165 cm³/mol. The van der Waals surface area contributed by atoms with Gasteiger partial charge in [-0.2, -0.15) is 0 Å². The Bertz CT molecular complexity index is 1610. The molecule has 0 heterocycles. The molecule has 1 atom stereocenters. The van der Waals surface area contributed by atoms with Gasteiger partial charge in [0.15, 0.2) is 0 Å². The Kier molecular flexibility index (Phi) is 11.1. The first-order valence-electron chi connectivity index (χ1n) is 13.6. The van der Waals surface area contributed by atoms with Crippen molar-refractivity contribution in [3.63, 3.8) is 0 Å². The van der Waals surface area contributed by atoms with E-state index in [1.165, 1.54) is 49.3 Å². The minimum absolute atomic E-state index is 0.0345. The Morgan fingerprint density at radius 1 is 1.07 bits per heavy atom. The Hall–Kier alpha value is -4.16. The van der Waals surface area contributed by atoms with Crippen LogP contribution < -0.4 is 14.4 Å². The lowest BCUT2D eigenvalue weighted by Crippen LogP contribution is -2.52. The molecule has 3 aromatic carbocycles. The first-order valence-corrected chi connectivity index (χ1v) is 15.4. The Morgan fingerprint density at radius 3 is 2.40 bits per heavy atom. The van der Waals surface area contributed by atoms with Crippen LogP contribution in [0.5, 0.6) is 5.75 Å². The monoisotopic (exact) mass is 630 g/mol.